The van der Waals surface area contributed by atoms with Crippen LogP contribution in [0.2, 0.25) is 0 Å². The fourth-order valence-corrected chi connectivity index (χ4v) is 3.43. The molecule has 9 nitrogen and oxygen atoms in total. The van der Waals surface area contributed by atoms with E-state index < -0.39 is 11.9 Å². The highest BCUT2D eigenvalue weighted by molar-refractivity contribution is 6.01. The van der Waals surface area contributed by atoms with Crippen molar-refractivity contribution in [3.63, 3.8) is 0 Å². The summed E-state index contributed by atoms with van der Waals surface area (Å²) in [6, 6.07) is 12.9. The average molecular weight is 494 g/mol. The minimum atomic E-state index is -0.795. The first kappa shape index (κ1) is 26.3. The average Bonchev–Trinajstić information content (AvgIpc) is 2.90. The number of anilines is 1. The molecule has 0 saturated heterocycles. The number of hydrogen-bond donors (Lipinski definition) is 2. The SMILES string of the molecule is COc1cc(OC)cc(C(=O)NC(C(=O)Nc2ccc(OC)c(OCc3cccnc3)c2)C(C)C)c1. The third-order valence-electron chi connectivity index (χ3n) is 5.40. The molecule has 36 heavy (non-hydrogen) atoms. The molecule has 3 aromatic rings. The number of rotatable bonds is 11. The number of ether oxygens (including phenoxy) is 4. The highest BCUT2D eigenvalue weighted by Crippen LogP contribution is 2.31. The number of nitrogens with zero attached hydrogens (tertiary/aromatic N) is 1. The Morgan fingerprint density at radius 1 is 0.917 bits per heavy atom. The summed E-state index contributed by atoms with van der Waals surface area (Å²) >= 11 is 0. The number of nitrogens with one attached hydrogen (secondary N) is 2. The lowest BCUT2D eigenvalue weighted by atomic mass is 10.0. The molecule has 2 amide bonds. The smallest absolute Gasteiger partial charge is 0.252 e. The Bertz CT molecular complexity index is 1160. The topological polar surface area (TPSA) is 108 Å². The lowest BCUT2D eigenvalue weighted by Crippen LogP contribution is -2.47. The summed E-state index contributed by atoms with van der Waals surface area (Å²) < 4.78 is 21.8. The number of carbonyl (C=O) groups excluding carboxylic acids is 2. The number of benzene rings is 2. The van der Waals surface area contributed by atoms with Gasteiger partial charge in [-0.15, -0.1) is 0 Å². The summed E-state index contributed by atoms with van der Waals surface area (Å²) in [5.41, 5.74) is 1.72. The molecule has 1 aromatic heterocycles. The van der Waals surface area contributed by atoms with Crippen molar-refractivity contribution in [2.75, 3.05) is 26.6 Å². The van der Waals surface area contributed by atoms with Crippen LogP contribution in [0.4, 0.5) is 5.69 Å². The number of hydrogen-bond acceptors (Lipinski definition) is 7. The van der Waals surface area contributed by atoms with Crippen LogP contribution in [0.3, 0.4) is 0 Å². The largest absolute Gasteiger partial charge is 0.497 e. The van der Waals surface area contributed by atoms with Gasteiger partial charge in [0, 0.05) is 41.3 Å². The van der Waals surface area contributed by atoms with Crippen LogP contribution in [-0.2, 0) is 11.4 Å². The van der Waals surface area contributed by atoms with Crippen molar-refractivity contribution in [2.45, 2.75) is 26.5 Å². The zero-order chi connectivity index (χ0) is 26.1. The molecular weight excluding hydrogens is 462 g/mol. The number of aromatic nitrogens is 1. The molecule has 1 atom stereocenters. The van der Waals surface area contributed by atoms with E-state index in [1.54, 1.807) is 55.9 Å². The first-order valence-corrected chi connectivity index (χ1v) is 11.4. The second-order valence-electron chi connectivity index (χ2n) is 8.30. The molecule has 9 heteroatoms. The van der Waals surface area contributed by atoms with Gasteiger partial charge >= 0.3 is 0 Å². The van der Waals surface area contributed by atoms with Crippen LogP contribution in [0.25, 0.3) is 0 Å². The molecular formula is C27H31N3O6. The molecule has 0 saturated carbocycles. The quantitative estimate of drug-likeness (QED) is 0.414. The van der Waals surface area contributed by atoms with Crippen LogP contribution in [0.5, 0.6) is 23.0 Å². The van der Waals surface area contributed by atoms with Gasteiger partial charge < -0.3 is 29.6 Å². The highest BCUT2D eigenvalue weighted by Gasteiger charge is 2.25. The third kappa shape index (κ3) is 6.88. The Morgan fingerprint density at radius 3 is 2.22 bits per heavy atom. The van der Waals surface area contributed by atoms with E-state index in [2.05, 4.69) is 15.6 Å². The summed E-state index contributed by atoms with van der Waals surface area (Å²) in [4.78, 5) is 30.2. The fourth-order valence-electron chi connectivity index (χ4n) is 3.43. The van der Waals surface area contributed by atoms with Crippen molar-refractivity contribution < 1.29 is 28.5 Å². The van der Waals surface area contributed by atoms with Gasteiger partial charge in [-0.3, -0.25) is 14.6 Å². The van der Waals surface area contributed by atoms with Gasteiger partial charge in [0.15, 0.2) is 11.5 Å². The first-order valence-electron chi connectivity index (χ1n) is 11.4. The van der Waals surface area contributed by atoms with Gasteiger partial charge in [0.1, 0.15) is 24.1 Å². The van der Waals surface area contributed by atoms with E-state index in [0.717, 1.165) is 5.56 Å². The minimum absolute atomic E-state index is 0.180. The zero-order valence-corrected chi connectivity index (χ0v) is 21.0. The number of carbonyl (C=O) groups is 2. The van der Waals surface area contributed by atoms with Gasteiger partial charge in [0.25, 0.3) is 5.91 Å². The lowest BCUT2D eigenvalue weighted by molar-refractivity contribution is -0.118. The molecule has 0 fully saturated rings. The molecule has 190 valence electrons. The van der Waals surface area contributed by atoms with Crippen LogP contribution in [0.15, 0.2) is 60.9 Å². The first-order chi connectivity index (χ1) is 17.3. The summed E-state index contributed by atoms with van der Waals surface area (Å²) in [6.07, 6.45) is 3.40. The molecule has 0 aliphatic heterocycles. The highest BCUT2D eigenvalue weighted by atomic mass is 16.5. The van der Waals surface area contributed by atoms with Gasteiger partial charge in [-0.05, 0) is 36.2 Å². The lowest BCUT2D eigenvalue weighted by Gasteiger charge is -2.22. The van der Waals surface area contributed by atoms with Crippen LogP contribution in [0, 0.1) is 5.92 Å². The Labute approximate surface area is 210 Å². The number of methoxy groups -OCH3 is 3. The van der Waals surface area contributed by atoms with Crippen molar-refractivity contribution in [1.29, 1.82) is 0 Å². The fraction of sp³-hybridized carbons (Fsp3) is 0.296. The van der Waals surface area contributed by atoms with Gasteiger partial charge in [0.2, 0.25) is 5.91 Å². The number of pyridine rings is 1. The monoisotopic (exact) mass is 493 g/mol. The van der Waals surface area contributed by atoms with Crippen LogP contribution >= 0.6 is 0 Å². The summed E-state index contributed by atoms with van der Waals surface area (Å²) in [5, 5.41) is 5.68. The minimum Gasteiger partial charge on any atom is -0.497 e. The summed E-state index contributed by atoms with van der Waals surface area (Å²) in [5.74, 6) is 0.975. The second kappa shape index (κ2) is 12.4. The van der Waals surface area contributed by atoms with E-state index >= 15 is 0 Å². The van der Waals surface area contributed by atoms with Crippen LogP contribution in [-0.4, -0.2) is 44.2 Å². The summed E-state index contributed by atoms with van der Waals surface area (Å²) in [7, 11) is 4.55. The maximum absolute atomic E-state index is 13.2. The molecule has 0 bridgehead atoms. The third-order valence-corrected chi connectivity index (χ3v) is 5.40. The van der Waals surface area contributed by atoms with E-state index in [-0.39, 0.29) is 18.4 Å². The van der Waals surface area contributed by atoms with Crippen LogP contribution < -0.4 is 29.6 Å². The molecule has 0 radical (unpaired) electrons. The van der Waals surface area contributed by atoms with Crippen molar-refractivity contribution >= 4 is 17.5 Å². The van der Waals surface area contributed by atoms with Crippen molar-refractivity contribution in [3.8, 4) is 23.0 Å². The molecule has 0 spiro atoms. The normalized spacial score (nSPS) is 11.4. The van der Waals surface area contributed by atoms with E-state index in [1.165, 1.54) is 14.2 Å². The zero-order valence-electron chi connectivity index (χ0n) is 21.0. The Balaban J connectivity index is 1.74. The van der Waals surface area contributed by atoms with Crippen molar-refractivity contribution in [2.24, 2.45) is 5.92 Å². The van der Waals surface area contributed by atoms with Crippen LogP contribution in [0.1, 0.15) is 29.8 Å². The predicted molar refractivity (Wildman–Crippen MR) is 136 cm³/mol. The van der Waals surface area contributed by atoms with Gasteiger partial charge in [0.05, 0.1) is 21.3 Å². The molecule has 3 rings (SSSR count). The van der Waals surface area contributed by atoms with Crippen molar-refractivity contribution in [1.82, 2.24) is 10.3 Å². The van der Waals surface area contributed by atoms with Crippen molar-refractivity contribution in [3.05, 3.63) is 72.1 Å². The molecule has 0 aliphatic carbocycles. The molecule has 1 unspecified atom stereocenters. The summed E-state index contributed by atoms with van der Waals surface area (Å²) in [6.45, 7) is 4.00. The standard InChI is InChI=1S/C27H31N3O6/c1-17(2)25(30-26(31)19-11-21(33-3)14-22(12-19)34-4)27(32)29-20-8-9-23(35-5)24(13-20)36-16-18-7-6-10-28-15-18/h6-15,17,25H,16H2,1-5H3,(H,29,32)(H,30,31). The van der Waals surface area contributed by atoms with E-state index in [9.17, 15) is 9.59 Å². The maximum atomic E-state index is 13.2. The predicted octanol–water partition coefficient (Wildman–Crippen LogP) is 4.08. The Morgan fingerprint density at radius 2 is 1.64 bits per heavy atom. The molecule has 0 aliphatic rings. The van der Waals surface area contributed by atoms with Gasteiger partial charge in [-0.1, -0.05) is 19.9 Å². The van der Waals surface area contributed by atoms with Gasteiger partial charge in [-0.2, -0.15) is 0 Å². The second-order valence-corrected chi connectivity index (χ2v) is 8.30. The molecule has 2 aromatic carbocycles. The van der Waals surface area contributed by atoms with E-state index in [4.69, 9.17) is 18.9 Å². The number of amides is 2. The van der Waals surface area contributed by atoms with Gasteiger partial charge in [-0.25, -0.2) is 0 Å². The Hall–Kier alpha value is -4.27. The molecule has 2 N–H and O–H groups in total. The van der Waals surface area contributed by atoms with E-state index in [1.807, 2.05) is 26.0 Å². The maximum Gasteiger partial charge on any atom is 0.252 e. The Kier molecular flexibility index (Phi) is 9.10. The van der Waals surface area contributed by atoms with E-state index in [0.29, 0.717) is 34.2 Å². The molecule has 1 heterocycles.